The van der Waals surface area contributed by atoms with Gasteiger partial charge in [-0.2, -0.15) is 0 Å². The van der Waals surface area contributed by atoms with Crippen molar-refractivity contribution in [3.8, 4) is 0 Å². The van der Waals surface area contributed by atoms with E-state index in [1.54, 1.807) is 26.3 Å². The van der Waals surface area contributed by atoms with Gasteiger partial charge in [-0.05, 0) is 35.9 Å². The monoisotopic (exact) mass is 377 g/mol. The van der Waals surface area contributed by atoms with Crippen molar-refractivity contribution in [1.29, 1.82) is 0 Å². The number of anilines is 3. The van der Waals surface area contributed by atoms with Crippen LogP contribution in [0.1, 0.15) is 5.56 Å². The van der Waals surface area contributed by atoms with E-state index in [0.717, 1.165) is 5.69 Å². The maximum atomic E-state index is 12.6. The number of likely N-dealkylation sites (N-methyl/N-ethyl adjacent to an activating group) is 1. The number of fused-ring (bicyclic) bond motifs is 1. The fourth-order valence-corrected chi connectivity index (χ4v) is 3.62. The van der Waals surface area contributed by atoms with E-state index in [1.807, 2.05) is 0 Å². The van der Waals surface area contributed by atoms with E-state index in [2.05, 4.69) is 20.2 Å². The summed E-state index contributed by atoms with van der Waals surface area (Å²) in [5.74, 6) is 0.560. The van der Waals surface area contributed by atoms with E-state index in [-0.39, 0.29) is 23.0 Å². The lowest BCUT2D eigenvalue weighted by molar-refractivity contribution is -0.117. The predicted octanol–water partition coefficient (Wildman–Crippen LogP) is 0.855. The molecule has 10 heteroatoms. The van der Waals surface area contributed by atoms with Gasteiger partial charge in [0, 0.05) is 26.4 Å². The highest BCUT2D eigenvalue weighted by atomic mass is 32.2. The topological polar surface area (TPSA) is 114 Å². The smallest absolute Gasteiger partial charge is 0.263 e. The molecule has 1 aromatic heterocycles. The molecule has 26 heavy (non-hydrogen) atoms. The molecule has 0 saturated carbocycles. The van der Waals surface area contributed by atoms with Gasteiger partial charge in [-0.25, -0.2) is 8.42 Å². The molecule has 9 nitrogen and oxygen atoms in total. The van der Waals surface area contributed by atoms with Crippen molar-refractivity contribution in [3.05, 3.63) is 35.9 Å². The number of amides is 1. The number of aromatic nitrogens is 2. The van der Waals surface area contributed by atoms with Crippen LogP contribution >= 0.6 is 0 Å². The number of carbonyl (C=O) groups is 1. The summed E-state index contributed by atoms with van der Waals surface area (Å²) in [4.78, 5) is 13.3. The van der Waals surface area contributed by atoms with Gasteiger partial charge in [0.25, 0.3) is 10.0 Å². The number of rotatable bonds is 7. The summed E-state index contributed by atoms with van der Waals surface area (Å²) in [6.45, 7) is 1.09. The first-order chi connectivity index (χ1) is 12.4. The summed E-state index contributed by atoms with van der Waals surface area (Å²) < 4.78 is 32.4. The van der Waals surface area contributed by atoms with Crippen molar-refractivity contribution in [2.45, 2.75) is 11.3 Å². The van der Waals surface area contributed by atoms with E-state index in [4.69, 9.17) is 4.74 Å². The van der Waals surface area contributed by atoms with Crippen molar-refractivity contribution in [2.24, 2.45) is 0 Å². The van der Waals surface area contributed by atoms with Crippen LogP contribution in [0.5, 0.6) is 0 Å². The van der Waals surface area contributed by atoms with Crippen molar-refractivity contribution in [1.82, 2.24) is 10.2 Å². The lowest BCUT2D eigenvalue weighted by atomic mass is 10.2. The number of hydrogen-bond acceptors (Lipinski definition) is 7. The second-order valence-corrected chi connectivity index (χ2v) is 7.43. The molecule has 0 aliphatic carbocycles. The van der Waals surface area contributed by atoms with Gasteiger partial charge in [0.15, 0.2) is 5.82 Å². The maximum absolute atomic E-state index is 12.6. The van der Waals surface area contributed by atoms with Gasteiger partial charge in [0.1, 0.15) is 5.82 Å². The highest BCUT2D eigenvalue weighted by molar-refractivity contribution is 7.92. The number of hydrogen-bond donors (Lipinski definition) is 2. The number of nitrogens with zero attached hydrogens (tertiary/aromatic N) is 3. The van der Waals surface area contributed by atoms with Crippen LogP contribution in [0.2, 0.25) is 0 Å². The van der Waals surface area contributed by atoms with Crippen LogP contribution in [0.15, 0.2) is 35.2 Å². The molecule has 2 aromatic rings. The van der Waals surface area contributed by atoms with Crippen LogP contribution in [0.3, 0.4) is 0 Å². The minimum Gasteiger partial charge on any atom is -0.383 e. The third-order valence-electron chi connectivity index (χ3n) is 3.95. The number of benzene rings is 1. The molecule has 2 N–H and O–H groups in total. The van der Waals surface area contributed by atoms with Gasteiger partial charge in [-0.15, -0.1) is 10.2 Å². The van der Waals surface area contributed by atoms with Gasteiger partial charge in [-0.3, -0.25) is 9.52 Å². The summed E-state index contributed by atoms with van der Waals surface area (Å²) in [6.07, 6.45) is 0.191. The van der Waals surface area contributed by atoms with Crippen LogP contribution in [0, 0.1) is 0 Å². The number of sulfonamides is 1. The van der Waals surface area contributed by atoms with E-state index in [0.29, 0.717) is 24.5 Å². The molecule has 1 aliphatic heterocycles. The Balaban J connectivity index is 1.73. The average Bonchev–Trinajstić information content (AvgIpc) is 2.90. The average molecular weight is 377 g/mol. The van der Waals surface area contributed by atoms with Crippen molar-refractivity contribution < 1.29 is 17.9 Å². The molecule has 0 unspecified atom stereocenters. The number of methoxy groups -OCH3 is 1. The Morgan fingerprint density at radius 1 is 1.19 bits per heavy atom. The Morgan fingerprint density at radius 3 is 2.62 bits per heavy atom. The minimum atomic E-state index is -3.83. The highest BCUT2D eigenvalue weighted by Gasteiger charge is 2.26. The van der Waals surface area contributed by atoms with Crippen molar-refractivity contribution >= 4 is 33.3 Å². The van der Waals surface area contributed by atoms with Crippen LogP contribution in [-0.2, 0) is 26.0 Å². The van der Waals surface area contributed by atoms with Gasteiger partial charge >= 0.3 is 0 Å². The van der Waals surface area contributed by atoms with Gasteiger partial charge < -0.3 is 15.0 Å². The van der Waals surface area contributed by atoms with Crippen LogP contribution in [-0.4, -0.2) is 51.8 Å². The van der Waals surface area contributed by atoms with Gasteiger partial charge in [0.05, 0.1) is 17.9 Å². The van der Waals surface area contributed by atoms with Crippen molar-refractivity contribution in [3.63, 3.8) is 0 Å². The highest BCUT2D eigenvalue weighted by Crippen LogP contribution is 2.30. The summed E-state index contributed by atoms with van der Waals surface area (Å²) >= 11 is 0. The minimum absolute atomic E-state index is 0.0649. The molecule has 0 radical (unpaired) electrons. The Labute approximate surface area is 151 Å². The molecule has 0 saturated heterocycles. The fraction of sp³-hybridized carbons (Fsp3) is 0.312. The third-order valence-corrected chi connectivity index (χ3v) is 5.31. The van der Waals surface area contributed by atoms with E-state index in [9.17, 15) is 13.2 Å². The molecule has 1 aromatic carbocycles. The number of carbonyl (C=O) groups excluding carboxylic acids is 1. The van der Waals surface area contributed by atoms with Crippen LogP contribution < -0.4 is 14.9 Å². The third kappa shape index (κ3) is 3.75. The molecule has 0 spiro atoms. The molecule has 0 fully saturated rings. The van der Waals surface area contributed by atoms with Crippen LogP contribution in [0.4, 0.5) is 17.3 Å². The van der Waals surface area contributed by atoms with Crippen LogP contribution in [0.25, 0.3) is 0 Å². The molecule has 2 heterocycles. The lowest BCUT2D eigenvalue weighted by Gasteiger charge is -2.11. The number of ether oxygens (including phenoxy) is 1. The number of nitrogens with one attached hydrogen (secondary N) is 2. The largest absolute Gasteiger partial charge is 0.383 e. The molecule has 0 bridgehead atoms. The maximum Gasteiger partial charge on any atom is 0.263 e. The fourth-order valence-electron chi connectivity index (χ4n) is 2.57. The first kappa shape index (κ1) is 18.1. The predicted molar refractivity (Wildman–Crippen MR) is 96.8 cm³/mol. The molecule has 0 atom stereocenters. The second-order valence-electron chi connectivity index (χ2n) is 5.75. The normalized spacial score (nSPS) is 13.6. The summed E-state index contributed by atoms with van der Waals surface area (Å²) in [6, 6.07) is 7.74. The second kappa shape index (κ2) is 7.26. The Morgan fingerprint density at radius 2 is 1.92 bits per heavy atom. The summed E-state index contributed by atoms with van der Waals surface area (Å²) in [5, 5.41) is 10.8. The van der Waals surface area contributed by atoms with Gasteiger partial charge in [-0.1, -0.05) is 0 Å². The first-order valence-electron chi connectivity index (χ1n) is 7.89. The lowest BCUT2D eigenvalue weighted by Crippen LogP contribution is -2.20. The van der Waals surface area contributed by atoms with E-state index < -0.39 is 10.0 Å². The summed E-state index contributed by atoms with van der Waals surface area (Å²) in [5.41, 5.74) is 1.41. The Bertz CT molecular complexity index is 915. The van der Waals surface area contributed by atoms with E-state index in [1.165, 1.54) is 23.1 Å². The van der Waals surface area contributed by atoms with E-state index >= 15 is 0 Å². The molecule has 138 valence electrons. The molecular formula is C16H19N5O4S. The Hall–Kier alpha value is -2.72. The zero-order valence-corrected chi connectivity index (χ0v) is 15.2. The molecule has 1 amide bonds. The van der Waals surface area contributed by atoms with Crippen molar-refractivity contribution in [2.75, 3.05) is 42.2 Å². The zero-order chi connectivity index (χ0) is 18.7. The molecule has 3 rings (SSSR count). The molecule has 1 aliphatic rings. The first-order valence-corrected chi connectivity index (χ1v) is 9.38. The standard InChI is InChI=1S/C16H19N5O4S/c1-21-13-4-3-12(9-11(13)10-16(21)22)26(23,24)20-15-6-5-14(18-19-15)17-7-8-25-2/h3-6,9H,7-8,10H2,1-2H3,(H,17,18)(H,19,20). The SMILES string of the molecule is COCCNc1ccc(NS(=O)(=O)c2ccc3c(c2)CC(=O)N3C)nn1. The summed E-state index contributed by atoms with van der Waals surface area (Å²) in [7, 11) is -0.566. The zero-order valence-electron chi connectivity index (χ0n) is 14.4. The Kier molecular flexibility index (Phi) is 5.05. The molecular weight excluding hydrogens is 358 g/mol. The van der Waals surface area contributed by atoms with Gasteiger partial charge in [0.2, 0.25) is 5.91 Å². The quantitative estimate of drug-likeness (QED) is 0.688.